The zero-order valence-corrected chi connectivity index (χ0v) is 20.2. The Bertz CT molecular complexity index is 1040. The average Bonchev–Trinajstić information content (AvgIpc) is 2.87. The Labute approximate surface area is 213 Å². The van der Waals surface area contributed by atoms with Crippen molar-refractivity contribution in [2.24, 2.45) is 5.73 Å². The smallest absolute Gasteiger partial charge is 0.326 e. The van der Waals surface area contributed by atoms with Gasteiger partial charge in [-0.25, -0.2) is 4.79 Å². The monoisotopic (exact) mass is 518 g/mol. The highest BCUT2D eigenvalue weighted by Crippen LogP contribution is 2.12. The number of carbonyl (C=O) groups is 4. The van der Waals surface area contributed by atoms with Gasteiger partial charge in [0.15, 0.2) is 0 Å². The number of aromatic hydroxyl groups is 1. The third-order valence-corrected chi connectivity index (χ3v) is 5.62. The minimum Gasteiger partial charge on any atom is -0.508 e. The number of phenols is 1. The van der Waals surface area contributed by atoms with Crippen LogP contribution in [0.15, 0.2) is 54.6 Å². The van der Waals surface area contributed by atoms with Crippen LogP contribution in [-0.4, -0.2) is 75.5 Å². The van der Waals surface area contributed by atoms with Crippen LogP contribution in [0.5, 0.6) is 5.75 Å². The summed E-state index contributed by atoms with van der Waals surface area (Å²) in [4.78, 5) is 49.9. The van der Waals surface area contributed by atoms with E-state index >= 15 is 0 Å². The van der Waals surface area contributed by atoms with E-state index in [-0.39, 0.29) is 24.3 Å². The van der Waals surface area contributed by atoms with E-state index in [0.29, 0.717) is 11.1 Å². The fourth-order valence-electron chi connectivity index (χ4n) is 3.23. The van der Waals surface area contributed by atoms with Gasteiger partial charge in [0.2, 0.25) is 17.7 Å². The van der Waals surface area contributed by atoms with Gasteiger partial charge in [-0.2, -0.15) is 12.6 Å². The lowest BCUT2D eigenvalue weighted by Gasteiger charge is -2.24. The van der Waals surface area contributed by atoms with E-state index in [4.69, 9.17) is 10.8 Å². The molecule has 2 aromatic carbocycles. The maximum Gasteiger partial charge on any atom is 0.326 e. The quantitative estimate of drug-likeness (QED) is 0.154. The number of thiol groups is 1. The van der Waals surface area contributed by atoms with Crippen LogP contribution in [-0.2, 0) is 32.0 Å². The number of nitrogens with two attached hydrogens (primary N) is 1. The second-order valence-electron chi connectivity index (χ2n) is 8.05. The SMILES string of the molecule is NC(CO)C(=O)NC(CS)C(=O)NC(Cc1ccc(O)cc1)C(=O)NC(Cc1ccccc1)C(=O)O. The number of hydrogen-bond acceptors (Lipinski definition) is 8. The molecule has 0 heterocycles. The minimum absolute atomic E-state index is 0.00987. The van der Waals surface area contributed by atoms with Crippen molar-refractivity contribution >= 4 is 36.3 Å². The van der Waals surface area contributed by atoms with Crippen molar-refractivity contribution in [2.45, 2.75) is 37.0 Å². The number of rotatable bonds is 13. The summed E-state index contributed by atoms with van der Waals surface area (Å²) in [7, 11) is 0. The number of phenolic OH excluding ortho intramolecular Hbond substituents is 1. The van der Waals surface area contributed by atoms with E-state index in [0.717, 1.165) is 0 Å². The average molecular weight is 519 g/mol. The maximum atomic E-state index is 13.1. The van der Waals surface area contributed by atoms with Crippen LogP contribution in [0.1, 0.15) is 11.1 Å². The number of nitrogens with one attached hydrogen (secondary N) is 3. The molecule has 12 heteroatoms. The van der Waals surface area contributed by atoms with Crippen LogP contribution in [0, 0.1) is 0 Å². The molecule has 0 aliphatic carbocycles. The molecule has 0 aliphatic heterocycles. The molecule has 2 rings (SSSR count). The molecule has 0 saturated heterocycles. The van der Waals surface area contributed by atoms with Crippen molar-refractivity contribution < 1.29 is 34.5 Å². The number of carbonyl (C=O) groups excluding carboxylic acids is 3. The number of carboxylic acids is 1. The van der Waals surface area contributed by atoms with Gasteiger partial charge >= 0.3 is 5.97 Å². The summed E-state index contributed by atoms with van der Waals surface area (Å²) >= 11 is 4.06. The molecule has 0 aromatic heterocycles. The van der Waals surface area contributed by atoms with Crippen molar-refractivity contribution in [3.63, 3.8) is 0 Å². The Morgan fingerprint density at radius 3 is 1.83 bits per heavy atom. The van der Waals surface area contributed by atoms with E-state index in [1.165, 1.54) is 12.1 Å². The van der Waals surface area contributed by atoms with Gasteiger partial charge in [-0.1, -0.05) is 42.5 Å². The number of amides is 3. The number of aliphatic hydroxyl groups excluding tert-OH is 1. The molecule has 11 nitrogen and oxygen atoms in total. The van der Waals surface area contributed by atoms with Crippen molar-refractivity contribution in [1.29, 1.82) is 0 Å². The molecule has 2 aromatic rings. The van der Waals surface area contributed by atoms with Crippen LogP contribution in [0.2, 0.25) is 0 Å². The Hall–Kier alpha value is -3.61. The Kier molecular flexibility index (Phi) is 11.2. The fraction of sp³-hybridized carbons (Fsp3) is 0.333. The highest BCUT2D eigenvalue weighted by atomic mass is 32.1. The first kappa shape index (κ1) is 28.6. The summed E-state index contributed by atoms with van der Waals surface area (Å²) < 4.78 is 0. The molecule has 8 N–H and O–H groups in total. The molecule has 0 bridgehead atoms. The van der Waals surface area contributed by atoms with Gasteiger partial charge in [-0.05, 0) is 23.3 Å². The summed E-state index contributed by atoms with van der Waals surface area (Å²) in [6, 6.07) is 9.78. The second kappa shape index (κ2) is 14.1. The van der Waals surface area contributed by atoms with E-state index in [1.54, 1.807) is 42.5 Å². The normalized spacial score (nSPS) is 14.1. The van der Waals surface area contributed by atoms with E-state index < -0.39 is 54.5 Å². The number of carboxylic acid groups (broad SMARTS) is 1. The predicted molar refractivity (Wildman–Crippen MR) is 134 cm³/mol. The van der Waals surface area contributed by atoms with Crippen LogP contribution >= 0.6 is 12.6 Å². The van der Waals surface area contributed by atoms with Gasteiger partial charge in [0.05, 0.1) is 6.61 Å². The van der Waals surface area contributed by atoms with Crippen LogP contribution < -0.4 is 21.7 Å². The molecule has 4 unspecified atom stereocenters. The summed E-state index contributed by atoms with van der Waals surface area (Å²) in [5.74, 6) is -3.65. The second-order valence-corrected chi connectivity index (χ2v) is 8.42. The molecule has 0 fully saturated rings. The molecule has 0 spiro atoms. The van der Waals surface area contributed by atoms with Gasteiger partial charge in [0, 0.05) is 18.6 Å². The topological polar surface area (TPSA) is 191 Å². The Morgan fingerprint density at radius 1 is 0.778 bits per heavy atom. The third-order valence-electron chi connectivity index (χ3n) is 5.26. The predicted octanol–water partition coefficient (Wildman–Crippen LogP) is -1.03. The van der Waals surface area contributed by atoms with Gasteiger partial charge in [0.1, 0.15) is 29.9 Å². The van der Waals surface area contributed by atoms with Gasteiger partial charge in [-0.3, -0.25) is 14.4 Å². The summed E-state index contributed by atoms with van der Waals surface area (Å²) in [6.45, 7) is -0.628. The van der Waals surface area contributed by atoms with Crippen molar-refractivity contribution in [3.8, 4) is 5.75 Å². The lowest BCUT2D eigenvalue weighted by atomic mass is 10.0. The Morgan fingerprint density at radius 2 is 1.28 bits per heavy atom. The summed E-state index contributed by atoms with van der Waals surface area (Å²) in [5.41, 5.74) is 6.75. The highest BCUT2D eigenvalue weighted by molar-refractivity contribution is 7.80. The Balaban J connectivity index is 2.21. The number of hydrogen-bond donors (Lipinski definition) is 8. The van der Waals surface area contributed by atoms with Gasteiger partial charge in [-0.15, -0.1) is 0 Å². The lowest BCUT2D eigenvalue weighted by Crippen LogP contribution is -2.58. The maximum absolute atomic E-state index is 13.1. The molecular weight excluding hydrogens is 488 g/mol. The molecule has 3 amide bonds. The zero-order valence-electron chi connectivity index (χ0n) is 19.3. The molecule has 36 heavy (non-hydrogen) atoms. The summed E-state index contributed by atoms with van der Waals surface area (Å²) in [6.07, 6.45) is -0.00488. The number of benzene rings is 2. The van der Waals surface area contributed by atoms with Gasteiger partial charge < -0.3 is 37.0 Å². The lowest BCUT2D eigenvalue weighted by molar-refractivity contribution is -0.142. The van der Waals surface area contributed by atoms with E-state index in [1.807, 2.05) is 0 Å². The van der Waals surface area contributed by atoms with Crippen LogP contribution in [0.25, 0.3) is 0 Å². The molecule has 0 aliphatic rings. The minimum atomic E-state index is -1.26. The van der Waals surface area contributed by atoms with E-state index in [9.17, 15) is 29.4 Å². The van der Waals surface area contributed by atoms with Gasteiger partial charge in [0.25, 0.3) is 0 Å². The fourth-order valence-corrected chi connectivity index (χ4v) is 3.48. The molecule has 0 saturated carbocycles. The standard InChI is InChI=1S/C24H30N4O7S/c25-17(12-29)21(31)28-20(13-36)23(33)26-18(10-15-6-8-16(30)9-7-15)22(32)27-19(24(34)35)11-14-4-2-1-3-5-14/h1-9,17-20,29-30,36H,10-13,25H2,(H,26,33)(H,27,32)(H,28,31)(H,34,35). The van der Waals surface area contributed by atoms with E-state index in [2.05, 4.69) is 28.6 Å². The van der Waals surface area contributed by atoms with Crippen LogP contribution in [0.3, 0.4) is 0 Å². The first-order chi connectivity index (χ1) is 17.1. The molecule has 0 radical (unpaired) electrons. The molecule has 194 valence electrons. The summed E-state index contributed by atoms with van der Waals surface area (Å²) in [5, 5.41) is 35.6. The largest absolute Gasteiger partial charge is 0.508 e. The van der Waals surface area contributed by atoms with Crippen molar-refractivity contribution in [2.75, 3.05) is 12.4 Å². The number of aliphatic carboxylic acids is 1. The molecular formula is C24H30N4O7S. The zero-order chi connectivity index (χ0) is 26.7. The highest BCUT2D eigenvalue weighted by Gasteiger charge is 2.30. The first-order valence-corrected chi connectivity index (χ1v) is 11.7. The van der Waals surface area contributed by atoms with Crippen molar-refractivity contribution in [3.05, 3.63) is 65.7 Å². The number of aliphatic hydroxyl groups is 1. The first-order valence-electron chi connectivity index (χ1n) is 11.1. The van der Waals surface area contributed by atoms with Crippen molar-refractivity contribution in [1.82, 2.24) is 16.0 Å². The van der Waals surface area contributed by atoms with Crippen LogP contribution in [0.4, 0.5) is 0 Å². The molecule has 4 atom stereocenters. The third kappa shape index (κ3) is 8.87.